The van der Waals surface area contributed by atoms with E-state index in [1.807, 2.05) is 0 Å². The van der Waals surface area contributed by atoms with Crippen molar-refractivity contribution in [3.63, 3.8) is 0 Å². The van der Waals surface area contributed by atoms with Gasteiger partial charge in [-0.1, -0.05) is 6.92 Å². The SMILES string of the molecule is CCC(C)NC1CCN(C2CC2)C1. The number of hydrogen-bond donors (Lipinski definition) is 1. The first-order chi connectivity index (χ1) is 6.29. The molecule has 76 valence electrons. The van der Waals surface area contributed by atoms with Gasteiger partial charge in [-0.05, 0) is 32.6 Å². The largest absolute Gasteiger partial charge is 0.310 e. The summed E-state index contributed by atoms with van der Waals surface area (Å²) in [4.78, 5) is 2.67. The van der Waals surface area contributed by atoms with Crippen LogP contribution < -0.4 is 5.32 Å². The van der Waals surface area contributed by atoms with Gasteiger partial charge in [-0.15, -0.1) is 0 Å². The summed E-state index contributed by atoms with van der Waals surface area (Å²) < 4.78 is 0. The van der Waals surface area contributed by atoms with Gasteiger partial charge in [0.1, 0.15) is 0 Å². The van der Waals surface area contributed by atoms with Crippen LogP contribution in [-0.4, -0.2) is 36.1 Å². The van der Waals surface area contributed by atoms with Crippen LogP contribution in [0.3, 0.4) is 0 Å². The van der Waals surface area contributed by atoms with E-state index < -0.39 is 0 Å². The Morgan fingerprint density at radius 3 is 2.77 bits per heavy atom. The molecule has 1 saturated heterocycles. The van der Waals surface area contributed by atoms with Crippen molar-refractivity contribution in [2.75, 3.05) is 13.1 Å². The average molecular weight is 182 g/mol. The van der Waals surface area contributed by atoms with E-state index in [1.54, 1.807) is 0 Å². The van der Waals surface area contributed by atoms with Crippen LogP contribution in [0.15, 0.2) is 0 Å². The van der Waals surface area contributed by atoms with Gasteiger partial charge in [-0.3, -0.25) is 4.90 Å². The summed E-state index contributed by atoms with van der Waals surface area (Å²) in [7, 11) is 0. The van der Waals surface area contributed by atoms with Crippen molar-refractivity contribution in [3.05, 3.63) is 0 Å². The average Bonchev–Trinajstić information content (AvgIpc) is 2.88. The molecule has 1 aliphatic carbocycles. The minimum absolute atomic E-state index is 0.698. The molecule has 0 aromatic rings. The Balaban J connectivity index is 1.71. The number of likely N-dealkylation sites (tertiary alicyclic amines) is 1. The minimum atomic E-state index is 0.698. The van der Waals surface area contributed by atoms with Crippen LogP contribution >= 0.6 is 0 Å². The van der Waals surface area contributed by atoms with Gasteiger partial charge in [0.25, 0.3) is 0 Å². The first-order valence-corrected chi connectivity index (χ1v) is 5.79. The summed E-state index contributed by atoms with van der Waals surface area (Å²) in [5, 5.41) is 3.70. The second-order valence-corrected chi connectivity index (χ2v) is 4.69. The van der Waals surface area contributed by atoms with Gasteiger partial charge in [0.2, 0.25) is 0 Å². The predicted octanol–water partition coefficient (Wildman–Crippen LogP) is 1.61. The maximum Gasteiger partial charge on any atom is 0.0209 e. The smallest absolute Gasteiger partial charge is 0.0209 e. The molecule has 2 nitrogen and oxygen atoms in total. The normalized spacial score (nSPS) is 32.3. The topological polar surface area (TPSA) is 15.3 Å². The first-order valence-electron chi connectivity index (χ1n) is 5.79. The Labute approximate surface area is 81.7 Å². The van der Waals surface area contributed by atoms with Crippen LogP contribution in [0.2, 0.25) is 0 Å². The number of hydrogen-bond acceptors (Lipinski definition) is 2. The van der Waals surface area contributed by atoms with Gasteiger partial charge in [0.15, 0.2) is 0 Å². The number of rotatable bonds is 4. The Morgan fingerprint density at radius 1 is 1.38 bits per heavy atom. The zero-order valence-electron chi connectivity index (χ0n) is 8.92. The Morgan fingerprint density at radius 2 is 2.15 bits per heavy atom. The molecule has 13 heavy (non-hydrogen) atoms. The third kappa shape index (κ3) is 2.44. The van der Waals surface area contributed by atoms with Crippen LogP contribution in [-0.2, 0) is 0 Å². The van der Waals surface area contributed by atoms with Gasteiger partial charge in [-0.2, -0.15) is 0 Å². The predicted molar refractivity (Wildman–Crippen MR) is 55.9 cm³/mol. The van der Waals surface area contributed by atoms with Crippen LogP contribution in [0, 0.1) is 0 Å². The highest BCUT2D eigenvalue weighted by molar-refractivity contribution is 4.92. The maximum atomic E-state index is 3.70. The second kappa shape index (κ2) is 3.97. The lowest BCUT2D eigenvalue weighted by atomic mass is 10.2. The molecule has 0 amide bonds. The molecule has 1 N–H and O–H groups in total. The van der Waals surface area contributed by atoms with E-state index in [-0.39, 0.29) is 0 Å². The Kier molecular flexibility index (Phi) is 2.89. The molecule has 1 heterocycles. The molecule has 2 rings (SSSR count). The summed E-state index contributed by atoms with van der Waals surface area (Å²) in [6, 6.07) is 2.43. The summed E-state index contributed by atoms with van der Waals surface area (Å²) in [6.07, 6.45) is 5.52. The highest BCUT2D eigenvalue weighted by Gasteiger charge is 2.34. The van der Waals surface area contributed by atoms with Crippen molar-refractivity contribution in [2.45, 2.75) is 57.7 Å². The fraction of sp³-hybridized carbons (Fsp3) is 1.00. The molecule has 0 aromatic heterocycles. The molecule has 2 atom stereocenters. The molecular formula is C11H22N2. The van der Waals surface area contributed by atoms with E-state index in [0.29, 0.717) is 6.04 Å². The second-order valence-electron chi connectivity index (χ2n) is 4.69. The van der Waals surface area contributed by atoms with Gasteiger partial charge in [0, 0.05) is 31.2 Å². The van der Waals surface area contributed by atoms with Crippen molar-refractivity contribution in [1.82, 2.24) is 10.2 Å². The number of nitrogens with zero attached hydrogens (tertiary/aromatic N) is 1. The molecule has 1 aliphatic heterocycles. The molecule has 2 unspecified atom stereocenters. The lowest BCUT2D eigenvalue weighted by Crippen LogP contribution is -2.38. The molecule has 0 radical (unpaired) electrons. The fourth-order valence-corrected chi connectivity index (χ4v) is 2.21. The molecule has 0 bridgehead atoms. The monoisotopic (exact) mass is 182 g/mol. The molecule has 2 heteroatoms. The van der Waals surface area contributed by atoms with Crippen LogP contribution in [0.4, 0.5) is 0 Å². The van der Waals surface area contributed by atoms with E-state index in [1.165, 1.54) is 38.8 Å². The highest BCUT2D eigenvalue weighted by Crippen LogP contribution is 2.29. The third-order valence-corrected chi connectivity index (χ3v) is 3.42. The van der Waals surface area contributed by atoms with Crippen molar-refractivity contribution in [2.24, 2.45) is 0 Å². The van der Waals surface area contributed by atoms with Crippen molar-refractivity contribution < 1.29 is 0 Å². The highest BCUT2D eigenvalue weighted by atomic mass is 15.2. The molecule has 1 saturated carbocycles. The molecule has 2 aliphatic rings. The lowest BCUT2D eigenvalue weighted by molar-refractivity contribution is 0.312. The molecule has 0 spiro atoms. The van der Waals surface area contributed by atoms with E-state index in [4.69, 9.17) is 0 Å². The van der Waals surface area contributed by atoms with Crippen molar-refractivity contribution >= 4 is 0 Å². The van der Waals surface area contributed by atoms with Crippen LogP contribution in [0.1, 0.15) is 39.5 Å². The van der Waals surface area contributed by atoms with Gasteiger partial charge < -0.3 is 5.32 Å². The van der Waals surface area contributed by atoms with Crippen molar-refractivity contribution in [1.29, 1.82) is 0 Å². The van der Waals surface area contributed by atoms with E-state index in [0.717, 1.165) is 12.1 Å². The summed E-state index contributed by atoms with van der Waals surface area (Å²) in [5.74, 6) is 0. The summed E-state index contributed by atoms with van der Waals surface area (Å²) >= 11 is 0. The zero-order valence-corrected chi connectivity index (χ0v) is 8.92. The molecule has 0 aromatic carbocycles. The van der Waals surface area contributed by atoms with E-state index >= 15 is 0 Å². The van der Waals surface area contributed by atoms with Crippen LogP contribution in [0.25, 0.3) is 0 Å². The Hall–Kier alpha value is -0.0800. The molecular weight excluding hydrogens is 160 g/mol. The summed E-state index contributed by atoms with van der Waals surface area (Å²) in [5.41, 5.74) is 0. The number of nitrogens with one attached hydrogen (secondary N) is 1. The molecule has 2 fully saturated rings. The van der Waals surface area contributed by atoms with E-state index in [9.17, 15) is 0 Å². The fourth-order valence-electron chi connectivity index (χ4n) is 2.21. The standard InChI is InChI=1S/C11H22N2/c1-3-9(2)12-10-6-7-13(8-10)11-4-5-11/h9-12H,3-8H2,1-2H3. The van der Waals surface area contributed by atoms with Crippen molar-refractivity contribution in [3.8, 4) is 0 Å². The van der Waals surface area contributed by atoms with Crippen LogP contribution in [0.5, 0.6) is 0 Å². The van der Waals surface area contributed by atoms with Gasteiger partial charge in [0.05, 0.1) is 0 Å². The third-order valence-electron chi connectivity index (χ3n) is 3.42. The minimum Gasteiger partial charge on any atom is -0.310 e. The summed E-state index contributed by atoms with van der Waals surface area (Å²) in [6.45, 7) is 7.18. The quantitative estimate of drug-likeness (QED) is 0.710. The first kappa shape index (κ1) is 9.47. The zero-order chi connectivity index (χ0) is 9.26. The van der Waals surface area contributed by atoms with E-state index in [2.05, 4.69) is 24.1 Å². The van der Waals surface area contributed by atoms with Gasteiger partial charge in [-0.25, -0.2) is 0 Å². The Bertz CT molecular complexity index is 165. The van der Waals surface area contributed by atoms with Gasteiger partial charge >= 0.3 is 0 Å². The lowest BCUT2D eigenvalue weighted by Gasteiger charge is -2.19. The maximum absolute atomic E-state index is 3.70.